The molecule has 5 heteroatoms. The number of nitrogens with zero attached hydrogens (tertiary/aromatic N) is 2. The van der Waals surface area contributed by atoms with Crippen LogP contribution in [0.5, 0.6) is 17.4 Å². The molecule has 0 saturated carbocycles. The molecule has 0 saturated heterocycles. The van der Waals surface area contributed by atoms with E-state index in [4.69, 9.17) is 9.72 Å². The molecular formula is C29H22N2O3. The standard InChI is InChI=1S/C29H22N2O3/c1-2-14-34-26-16-24(30-29(31-26)23-13-10-20(32)15-25(23)33)21-11-8-19-7-6-17-4-3-5-18-9-12-22(21)28(19)27(17)18/h3-13,15-16,32-33H,2,14H2,1H3. The Labute approximate surface area is 196 Å². The van der Waals surface area contributed by atoms with Crippen molar-refractivity contribution >= 4 is 32.3 Å². The van der Waals surface area contributed by atoms with Gasteiger partial charge in [-0.1, -0.05) is 61.5 Å². The Kier molecular flexibility index (Phi) is 4.69. The lowest BCUT2D eigenvalue weighted by molar-refractivity contribution is 0.305. The highest BCUT2D eigenvalue weighted by atomic mass is 16.5. The Bertz CT molecular complexity index is 1660. The summed E-state index contributed by atoms with van der Waals surface area (Å²) in [6.45, 7) is 2.56. The molecular weight excluding hydrogens is 424 g/mol. The smallest absolute Gasteiger partial charge is 0.217 e. The van der Waals surface area contributed by atoms with Crippen molar-refractivity contribution in [1.82, 2.24) is 9.97 Å². The number of phenolic OH excluding ortho intramolecular Hbond substituents is 2. The quantitative estimate of drug-likeness (QED) is 0.282. The van der Waals surface area contributed by atoms with Gasteiger partial charge < -0.3 is 14.9 Å². The van der Waals surface area contributed by atoms with Gasteiger partial charge in [-0.25, -0.2) is 4.98 Å². The van der Waals surface area contributed by atoms with Crippen LogP contribution in [0.15, 0.2) is 78.9 Å². The van der Waals surface area contributed by atoms with Crippen LogP contribution in [0.2, 0.25) is 0 Å². The Morgan fingerprint density at radius 1 is 0.735 bits per heavy atom. The molecule has 5 aromatic carbocycles. The van der Waals surface area contributed by atoms with Crippen LogP contribution in [0.1, 0.15) is 13.3 Å². The first-order valence-corrected chi connectivity index (χ1v) is 11.3. The van der Waals surface area contributed by atoms with Gasteiger partial charge >= 0.3 is 0 Å². The maximum absolute atomic E-state index is 10.4. The number of aromatic hydroxyl groups is 2. The van der Waals surface area contributed by atoms with Crippen molar-refractivity contribution in [3.63, 3.8) is 0 Å². The number of hydrogen-bond acceptors (Lipinski definition) is 5. The summed E-state index contributed by atoms with van der Waals surface area (Å²) in [6, 6.07) is 25.4. The molecule has 0 atom stereocenters. The minimum Gasteiger partial charge on any atom is -0.508 e. The van der Waals surface area contributed by atoms with E-state index in [9.17, 15) is 10.2 Å². The summed E-state index contributed by atoms with van der Waals surface area (Å²) in [5.74, 6) is 0.674. The number of rotatable bonds is 5. The highest BCUT2D eigenvalue weighted by Gasteiger charge is 2.17. The average Bonchev–Trinajstić information content (AvgIpc) is 2.85. The second kappa shape index (κ2) is 7.89. The van der Waals surface area contributed by atoms with Crippen molar-refractivity contribution in [3.05, 3.63) is 78.9 Å². The van der Waals surface area contributed by atoms with Crippen molar-refractivity contribution in [2.75, 3.05) is 6.61 Å². The fourth-order valence-corrected chi connectivity index (χ4v) is 4.63. The maximum Gasteiger partial charge on any atom is 0.217 e. The van der Waals surface area contributed by atoms with Crippen LogP contribution in [0, 0.1) is 0 Å². The lowest BCUT2D eigenvalue weighted by atomic mass is 9.91. The first-order valence-electron chi connectivity index (χ1n) is 11.3. The predicted octanol–water partition coefficient (Wildman–Crippen LogP) is 6.91. The monoisotopic (exact) mass is 446 g/mol. The molecule has 1 heterocycles. The summed E-state index contributed by atoms with van der Waals surface area (Å²) in [5.41, 5.74) is 2.11. The highest BCUT2D eigenvalue weighted by Crippen LogP contribution is 2.40. The van der Waals surface area contributed by atoms with E-state index in [-0.39, 0.29) is 11.5 Å². The molecule has 0 aliphatic rings. The summed E-state index contributed by atoms with van der Waals surface area (Å²) in [7, 11) is 0. The number of ether oxygens (including phenoxy) is 1. The number of aromatic nitrogens is 2. The molecule has 0 aliphatic carbocycles. The van der Waals surface area contributed by atoms with Gasteiger partial charge in [0.05, 0.1) is 17.9 Å². The van der Waals surface area contributed by atoms with Crippen LogP contribution in [0.3, 0.4) is 0 Å². The van der Waals surface area contributed by atoms with Crippen molar-refractivity contribution in [3.8, 4) is 40.0 Å². The lowest BCUT2D eigenvalue weighted by Gasteiger charge is -2.15. The fourth-order valence-electron chi connectivity index (χ4n) is 4.63. The van der Waals surface area contributed by atoms with E-state index in [1.165, 1.54) is 39.1 Å². The second-order valence-corrected chi connectivity index (χ2v) is 8.43. The van der Waals surface area contributed by atoms with Crippen LogP contribution in [0.25, 0.3) is 55.0 Å². The molecule has 0 aliphatic heterocycles. The third-order valence-corrected chi connectivity index (χ3v) is 6.18. The zero-order valence-corrected chi connectivity index (χ0v) is 18.6. The lowest BCUT2D eigenvalue weighted by Crippen LogP contribution is -2.01. The third kappa shape index (κ3) is 3.25. The largest absolute Gasteiger partial charge is 0.508 e. The first kappa shape index (κ1) is 20.2. The molecule has 0 bridgehead atoms. The van der Waals surface area contributed by atoms with E-state index in [0.717, 1.165) is 17.4 Å². The highest BCUT2D eigenvalue weighted by molar-refractivity contribution is 6.25. The SMILES string of the molecule is CCCOc1cc(-c2ccc3ccc4cccc5ccc2c3c45)nc(-c2ccc(O)cc2O)n1. The second-order valence-electron chi connectivity index (χ2n) is 8.43. The molecule has 1 aromatic heterocycles. The van der Waals surface area contributed by atoms with E-state index in [2.05, 4.69) is 59.6 Å². The Morgan fingerprint density at radius 2 is 1.44 bits per heavy atom. The van der Waals surface area contributed by atoms with Gasteiger partial charge in [0.1, 0.15) is 11.5 Å². The van der Waals surface area contributed by atoms with Crippen LogP contribution in [0.4, 0.5) is 0 Å². The van der Waals surface area contributed by atoms with E-state index in [1.54, 1.807) is 6.07 Å². The van der Waals surface area contributed by atoms with Crippen LogP contribution in [-0.2, 0) is 0 Å². The Hall–Kier alpha value is -4.38. The molecule has 0 amide bonds. The van der Waals surface area contributed by atoms with Gasteiger partial charge in [0, 0.05) is 17.7 Å². The third-order valence-electron chi connectivity index (χ3n) is 6.18. The molecule has 0 radical (unpaired) electrons. The van der Waals surface area contributed by atoms with Crippen molar-refractivity contribution in [2.45, 2.75) is 13.3 Å². The predicted molar refractivity (Wildman–Crippen MR) is 136 cm³/mol. The summed E-state index contributed by atoms with van der Waals surface area (Å²) in [4.78, 5) is 9.37. The molecule has 2 N–H and O–H groups in total. The Morgan fingerprint density at radius 3 is 2.21 bits per heavy atom. The minimum atomic E-state index is -0.0889. The van der Waals surface area contributed by atoms with Gasteiger partial charge in [0.15, 0.2) is 5.82 Å². The van der Waals surface area contributed by atoms with Gasteiger partial charge in [-0.3, -0.25) is 0 Å². The zero-order valence-electron chi connectivity index (χ0n) is 18.6. The molecule has 0 unspecified atom stereocenters. The molecule has 6 rings (SSSR count). The van der Waals surface area contributed by atoms with Crippen LogP contribution < -0.4 is 4.74 Å². The topological polar surface area (TPSA) is 75.5 Å². The van der Waals surface area contributed by atoms with Gasteiger partial charge in [-0.15, -0.1) is 0 Å². The number of hydrogen-bond donors (Lipinski definition) is 2. The van der Waals surface area contributed by atoms with Gasteiger partial charge in [0.2, 0.25) is 5.88 Å². The van der Waals surface area contributed by atoms with Crippen molar-refractivity contribution in [2.24, 2.45) is 0 Å². The molecule has 6 aromatic rings. The van der Waals surface area contributed by atoms with E-state index < -0.39 is 0 Å². The molecule has 0 spiro atoms. The fraction of sp³-hybridized carbons (Fsp3) is 0.103. The van der Waals surface area contributed by atoms with Crippen LogP contribution >= 0.6 is 0 Å². The molecule has 5 nitrogen and oxygen atoms in total. The van der Waals surface area contributed by atoms with Crippen molar-refractivity contribution in [1.29, 1.82) is 0 Å². The van der Waals surface area contributed by atoms with E-state index in [0.29, 0.717) is 29.6 Å². The normalized spacial score (nSPS) is 11.6. The Balaban J connectivity index is 1.62. The molecule has 166 valence electrons. The van der Waals surface area contributed by atoms with Gasteiger partial charge in [-0.2, -0.15) is 4.98 Å². The maximum atomic E-state index is 10.4. The summed E-state index contributed by atoms with van der Waals surface area (Å²) >= 11 is 0. The molecule has 34 heavy (non-hydrogen) atoms. The summed E-state index contributed by atoms with van der Waals surface area (Å²) < 4.78 is 5.89. The van der Waals surface area contributed by atoms with E-state index >= 15 is 0 Å². The van der Waals surface area contributed by atoms with Crippen LogP contribution in [-0.4, -0.2) is 26.8 Å². The minimum absolute atomic E-state index is 0.0216. The average molecular weight is 447 g/mol. The van der Waals surface area contributed by atoms with Gasteiger partial charge in [0.25, 0.3) is 0 Å². The van der Waals surface area contributed by atoms with Crippen molar-refractivity contribution < 1.29 is 14.9 Å². The first-order chi connectivity index (χ1) is 16.6. The number of phenols is 2. The summed E-state index contributed by atoms with van der Waals surface area (Å²) in [5, 5.41) is 27.3. The van der Waals surface area contributed by atoms with Gasteiger partial charge in [-0.05, 0) is 50.9 Å². The van der Waals surface area contributed by atoms with E-state index in [1.807, 2.05) is 13.0 Å². The zero-order chi connectivity index (χ0) is 23.2. The number of benzene rings is 5. The molecule has 0 fully saturated rings. The summed E-state index contributed by atoms with van der Waals surface area (Å²) in [6.07, 6.45) is 0.845.